The van der Waals surface area contributed by atoms with Gasteiger partial charge in [-0.25, -0.2) is 4.98 Å². The predicted molar refractivity (Wildman–Crippen MR) is 133 cm³/mol. The molecule has 4 aromatic rings. The van der Waals surface area contributed by atoms with E-state index in [2.05, 4.69) is 45.4 Å². The molecule has 0 fully saturated rings. The summed E-state index contributed by atoms with van der Waals surface area (Å²) in [5, 5.41) is 7.09. The topological polar surface area (TPSA) is 54.0 Å². The number of nitrogens with zero attached hydrogens (tertiary/aromatic N) is 1. The highest BCUT2D eigenvalue weighted by atomic mass is 127. The van der Waals surface area contributed by atoms with Crippen molar-refractivity contribution in [3.8, 4) is 10.6 Å². The summed E-state index contributed by atoms with van der Waals surface area (Å²) in [4.78, 5) is 17.1. The Bertz CT molecular complexity index is 1200. The van der Waals surface area contributed by atoms with Crippen LogP contribution in [0.25, 0.3) is 20.8 Å². The van der Waals surface area contributed by atoms with E-state index in [1.165, 1.54) is 4.70 Å². The molecule has 2 N–H and O–H groups in total. The minimum atomic E-state index is -0.232. The molecule has 0 aliphatic rings. The number of thiazole rings is 1. The van der Waals surface area contributed by atoms with Gasteiger partial charge in [0.2, 0.25) is 0 Å². The quantitative estimate of drug-likeness (QED) is 0.253. The minimum absolute atomic E-state index is 0.232. The molecular formula is C22H16IN3OS2. The molecule has 0 unspecified atom stereocenters. The molecule has 144 valence electrons. The fourth-order valence-corrected chi connectivity index (χ4v) is 4.60. The van der Waals surface area contributed by atoms with Gasteiger partial charge in [0.15, 0.2) is 5.11 Å². The molecule has 0 bridgehead atoms. The molecule has 0 spiro atoms. The number of amides is 1. The predicted octanol–water partition coefficient (Wildman–Crippen LogP) is 6.00. The van der Waals surface area contributed by atoms with Crippen LogP contribution in [0.15, 0.2) is 66.7 Å². The Morgan fingerprint density at radius 2 is 1.90 bits per heavy atom. The van der Waals surface area contributed by atoms with Crippen LogP contribution in [0.5, 0.6) is 0 Å². The molecule has 3 aromatic carbocycles. The number of aromatic nitrogens is 1. The Balaban J connectivity index is 1.48. The second kappa shape index (κ2) is 8.56. The first kappa shape index (κ1) is 19.9. The number of hydrogen-bond donors (Lipinski definition) is 2. The zero-order valence-corrected chi connectivity index (χ0v) is 19.2. The monoisotopic (exact) mass is 529 g/mol. The third-order valence-electron chi connectivity index (χ3n) is 4.33. The van der Waals surface area contributed by atoms with Crippen molar-refractivity contribution in [2.45, 2.75) is 6.92 Å². The van der Waals surface area contributed by atoms with Crippen LogP contribution < -0.4 is 10.6 Å². The van der Waals surface area contributed by atoms with Gasteiger partial charge in [-0.15, -0.1) is 11.3 Å². The molecule has 4 rings (SSSR count). The van der Waals surface area contributed by atoms with Gasteiger partial charge in [0.1, 0.15) is 5.01 Å². The van der Waals surface area contributed by atoms with E-state index in [0.29, 0.717) is 5.56 Å². The molecule has 1 amide bonds. The van der Waals surface area contributed by atoms with Crippen LogP contribution >= 0.6 is 46.1 Å². The van der Waals surface area contributed by atoms with Gasteiger partial charge in [0.05, 0.1) is 10.2 Å². The van der Waals surface area contributed by atoms with Crippen molar-refractivity contribution in [2.75, 3.05) is 5.32 Å². The Hall–Kier alpha value is -2.36. The molecule has 1 aromatic heterocycles. The van der Waals surface area contributed by atoms with E-state index in [0.717, 1.165) is 30.9 Å². The molecule has 7 heteroatoms. The van der Waals surface area contributed by atoms with Gasteiger partial charge in [-0.2, -0.15) is 0 Å². The number of nitrogens with one attached hydrogen (secondary N) is 2. The number of thiocarbonyl (C=S) groups is 1. The first-order valence-electron chi connectivity index (χ1n) is 8.84. The van der Waals surface area contributed by atoms with Crippen LogP contribution in [0, 0.1) is 10.5 Å². The molecule has 1 heterocycles. The van der Waals surface area contributed by atoms with Gasteiger partial charge in [-0.3, -0.25) is 10.1 Å². The van der Waals surface area contributed by atoms with E-state index >= 15 is 0 Å². The van der Waals surface area contributed by atoms with E-state index in [1.807, 2.05) is 55.5 Å². The summed E-state index contributed by atoms with van der Waals surface area (Å²) in [6.45, 7) is 2.00. The molecule has 0 saturated carbocycles. The lowest BCUT2D eigenvalue weighted by Crippen LogP contribution is -2.34. The van der Waals surface area contributed by atoms with Gasteiger partial charge in [-0.05, 0) is 95.8 Å². The molecule has 4 nitrogen and oxygen atoms in total. The number of rotatable bonds is 3. The number of aryl methyl sites for hydroxylation is 1. The van der Waals surface area contributed by atoms with Gasteiger partial charge in [0.25, 0.3) is 5.91 Å². The van der Waals surface area contributed by atoms with Crippen LogP contribution in [0.2, 0.25) is 0 Å². The zero-order chi connectivity index (χ0) is 20.4. The second-order valence-electron chi connectivity index (χ2n) is 6.44. The molecule has 0 atom stereocenters. The highest BCUT2D eigenvalue weighted by molar-refractivity contribution is 14.1. The van der Waals surface area contributed by atoms with E-state index in [1.54, 1.807) is 17.4 Å². The summed E-state index contributed by atoms with van der Waals surface area (Å²) in [5.41, 5.74) is 4.51. The Morgan fingerprint density at radius 1 is 1.07 bits per heavy atom. The Kier molecular flexibility index (Phi) is 5.89. The normalized spacial score (nSPS) is 10.7. The van der Waals surface area contributed by atoms with Gasteiger partial charge >= 0.3 is 0 Å². The zero-order valence-electron chi connectivity index (χ0n) is 15.4. The fraction of sp³-hybridized carbons (Fsp3) is 0.0455. The number of benzene rings is 3. The van der Waals surface area contributed by atoms with Crippen molar-refractivity contribution in [1.29, 1.82) is 0 Å². The van der Waals surface area contributed by atoms with Crippen LogP contribution in [0.1, 0.15) is 15.9 Å². The average molecular weight is 529 g/mol. The molecular weight excluding hydrogens is 513 g/mol. The van der Waals surface area contributed by atoms with Crippen molar-refractivity contribution in [3.63, 3.8) is 0 Å². The van der Waals surface area contributed by atoms with Gasteiger partial charge in [0, 0.05) is 20.4 Å². The number of halogens is 1. The SMILES string of the molecule is Cc1cc(-c2nc3ccccc3s2)ccc1NC(=S)NC(=O)c1cccc(I)c1. The first-order chi connectivity index (χ1) is 14.0. The smallest absolute Gasteiger partial charge is 0.257 e. The number of carbonyl (C=O) groups is 1. The average Bonchev–Trinajstić information content (AvgIpc) is 3.13. The fourth-order valence-electron chi connectivity index (χ4n) is 2.89. The molecule has 0 aliphatic carbocycles. The first-order valence-corrected chi connectivity index (χ1v) is 11.1. The summed E-state index contributed by atoms with van der Waals surface area (Å²) >= 11 is 9.17. The Morgan fingerprint density at radius 3 is 2.66 bits per heavy atom. The summed E-state index contributed by atoms with van der Waals surface area (Å²) in [6, 6.07) is 21.5. The maximum Gasteiger partial charge on any atom is 0.257 e. The third-order valence-corrected chi connectivity index (χ3v) is 6.29. The summed E-state index contributed by atoms with van der Waals surface area (Å²) in [5.74, 6) is -0.232. The summed E-state index contributed by atoms with van der Waals surface area (Å²) in [7, 11) is 0. The van der Waals surface area contributed by atoms with E-state index in [4.69, 9.17) is 17.2 Å². The van der Waals surface area contributed by atoms with E-state index in [9.17, 15) is 4.79 Å². The third kappa shape index (κ3) is 4.63. The lowest BCUT2D eigenvalue weighted by atomic mass is 10.1. The highest BCUT2D eigenvalue weighted by Crippen LogP contribution is 2.31. The number of hydrogen-bond acceptors (Lipinski definition) is 4. The van der Waals surface area contributed by atoms with Crippen molar-refractivity contribution in [1.82, 2.24) is 10.3 Å². The molecule has 0 saturated heterocycles. The van der Waals surface area contributed by atoms with E-state index < -0.39 is 0 Å². The minimum Gasteiger partial charge on any atom is -0.332 e. The molecule has 29 heavy (non-hydrogen) atoms. The maximum atomic E-state index is 12.4. The Labute approximate surface area is 191 Å². The number of fused-ring (bicyclic) bond motifs is 1. The van der Waals surface area contributed by atoms with Gasteiger partial charge in [-0.1, -0.05) is 18.2 Å². The van der Waals surface area contributed by atoms with Gasteiger partial charge < -0.3 is 5.32 Å². The number of anilines is 1. The largest absolute Gasteiger partial charge is 0.332 e. The lowest BCUT2D eigenvalue weighted by Gasteiger charge is -2.12. The summed E-state index contributed by atoms with van der Waals surface area (Å²) < 4.78 is 2.16. The van der Waals surface area contributed by atoms with Crippen LogP contribution in [0.4, 0.5) is 5.69 Å². The standard InChI is InChI=1S/C22H16IN3OS2/c1-13-11-15(21-24-18-7-2-3-8-19(18)29-21)9-10-17(13)25-22(28)26-20(27)14-5-4-6-16(23)12-14/h2-12H,1H3,(H2,25,26,27,28). The maximum absolute atomic E-state index is 12.4. The summed E-state index contributed by atoms with van der Waals surface area (Å²) in [6.07, 6.45) is 0. The number of carbonyl (C=O) groups excluding carboxylic acids is 1. The van der Waals surface area contributed by atoms with Crippen molar-refractivity contribution in [2.24, 2.45) is 0 Å². The lowest BCUT2D eigenvalue weighted by molar-refractivity contribution is 0.0977. The van der Waals surface area contributed by atoms with Crippen LogP contribution in [-0.4, -0.2) is 16.0 Å². The van der Waals surface area contributed by atoms with Crippen molar-refractivity contribution >= 4 is 73.1 Å². The van der Waals surface area contributed by atoms with Crippen LogP contribution in [-0.2, 0) is 0 Å². The van der Waals surface area contributed by atoms with E-state index in [-0.39, 0.29) is 11.0 Å². The molecule has 0 aliphatic heterocycles. The van der Waals surface area contributed by atoms with Crippen molar-refractivity contribution < 1.29 is 4.79 Å². The van der Waals surface area contributed by atoms with Crippen LogP contribution in [0.3, 0.4) is 0 Å². The number of para-hydroxylation sites is 1. The van der Waals surface area contributed by atoms with Crippen molar-refractivity contribution in [3.05, 3.63) is 81.4 Å². The molecule has 0 radical (unpaired) electrons. The highest BCUT2D eigenvalue weighted by Gasteiger charge is 2.11. The second-order valence-corrected chi connectivity index (χ2v) is 9.12.